The minimum atomic E-state index is -0.571. The number of halogens is 2. The Balaban J connectivity index is 2.01. The average molecular weight is 486 g/mol. The van der Waals surface area contributed by atoms with Crippen molar-refractivity contribution in [3.05, 3.63) is 79.2 Å². The van der Waals surface area contributed by atoms with Gasteiger partial charge in [0.15, 0.2) is 0 Å². The molecule has 0 aliphatic carbocycles. The molecule has 0 fully saturated rings. The van der Waals surface area contributed by atoms with Gasteiger partial charge in [0.1, 0.15) is 5.82 Å². The Kier molecular flexibility index (Phi) is 6.31. The minimum absolute atomic E-state index is 0.0850. The number of hydrogen-bond acceptors (Lipinski definition) is 4. The summed E-state index contributed by atoms with van der Waals surface area (Å²) in [5.41, 5.74) is -0.215. The molecule has 178 valence electrons. The fourth-order valence-corrected chi connectivity index (χ4v) is 4.09. The summed E-state index contributed by atoms with van der Waals surface area (Å²) in [4.78, 5) is 39.4. The first kappa shape index (κ1) is 23.7. The summed E-state index contributed by atoms with van der Waals surface area (Å²) in [6, 6.07) is 8.78. The largest absolute Gasteiger partial charge is 0.352 e. The molecule has 0 radical (unpaired) electrons. The normalized spacial score (nSPS) is 11.8. The molecule has 0 saturated carbocycles. The van der Waals surface area contributed by atoms with E-state index in [1.54, 1.807) is 12.1 Å². The van der Waals surface area contributed by atoms with E-state index in [0.29, 0.717) is 12.1 Å². The molecule has 2 aromatic heterocycles. The van der Waals surface area contributed by atoms with Crippen molar-refractivity contribution in [1.29, 1.82) is 0 Å². The number of nitrogens with zero attached hydrogens (tertiary/aromatic N) is 4. The summed E-state index contributed by atoms with van der Waals surface area (Å²) in [5, 5.41) is 7.63. The second kappa shape index (κ2) is 9.06. The number of amides is 1. The van der Waals surface area contributed by atoms with E-state index in [1.807, 2.05) is 27.7 Å². The lowest BCUT2D eigenvalue weighted by atomic mass is 10.1. The molecule has 1 N–H and O–H groups in total. The lowest BCUT2D eigenvalue weighted by Gasteiger charge is -2.13. The third-order valence-corrected chi connectivity index (χ3v) is 5.73. The fraction of sp³-hybridized carbons (Fsp3) is 0.333. The van der Waals surface area contributed by atoms with Crippen molar-refractivity contribution in [2.45, 2.75) is 46.8 Å². The molecule has 0 spiro atoms. The smallest absolute Gasteiger partial charge is 0.350 e. The van der Waals surface area contributed by atoms with Gasteiger partial charge in [-0.05, 0) is 50.1 Å². The quantitative estimate of drug-likeness (QED) is 0.453. The van der Waals surface area contributed by atoms with Crippen molar-refractivity contribution in [1.82, 2.24) is 24.1 Å². The van der Waals surface area contributed by atoms with Crippen LogP contribution in [0.3, 0.4) is 0 Å². The van der Waals surface area contributed by atoms with Crippen LogP contribution in [0, 0.1) is 11.7 Å². The summed E-state index contributed by atoms with van der Waals surface area (Å²) in [7, 11) is 0. The molecule has 10 heteroatoms. The predicted molar refractivity (Wildman–Crippen MR) is 129 cm³/mol. The van der Waals surface area contributed by atoms with Crippen LogP contribution >= 0.6 is 11.6 Å². The van der Waals surface area contributed by atoms with E-state index in [-0.39, 0.29) is 57.2 Å². The van der Waals surface area contributed by atoms with Crippen molar-refractivity contribution >= 4 is 34.2 Å². The lowest BCUT2D eigenvalue weighted by molar-refractivity contribution is 0.0943. The average Bonchev–Trinajstić information content (AvgIpc) is 3.09. The summed E-state index contributed by atoms with van der Waals surface area (Å²) >= 11 is 6.16. The SMILES string of the molecule is CC(C)Cn1c(=O)c2ccc(C(=O)NC(C)C)cc2n2c(=O)n(Cc3c(F)cccc3Cl)nc12. The van der Waals surface area contributed by atoms with E-state index < -0.39 is 11.5 Å². The van der Waals surface area contributed by atoms with Gasteiger partial charge in [0.2, 0.25) is 5.78 Å². The third kappa shape index (κ3) is 4.23. The highest BCUT2D eigenvalue weighted by Crippen LogP contribution is 2.20. The van der Waals surface area contributed by atoms with Gasteiger partial charge in [0.05, 0.1) is 17.4 Å². The number of nitrogens with one attached hydrogen (secondary N) is 1. The number of rotatable bonds is 6. The maximum absolute atomic E-state index is 14.4. The summed E-state index contributed by atoms with van der Waals surface area (Å²) < 4.78 is 18.2. The van der Waals surface area contributed by atoms with Gasteiger partial charge in [-0.3, -0.25) is 14.2 Å². The highest BCUT2D eigenvalue weighted by molar-refractivity contribution is 6.31. The standard InChI is InChI=1S/C24H25ClFN5O3/c1-13(2)11-29-22(33)16-9-8-15(21(32)27-14(3)4)10-20(16)31-23(29)28-30(24(31)34)12-17-18(25)6-5-7-19(17)26/h5-10,13-14H,11-12H2,1-4H3,(H,27,32). The Morgan fingerprint density at radius 1 is 1.15 bits per heavy atom. The monoisotopic (exact) mass is 485 g/mol. The van der Waals surface area contributed by atoms with Crippen LogP contribution < -0.4 is 16.6 Å². The Morgan fingerprint density at radius 2 is 1.88 bits per heavy atom. The Morgan fingerprint density at radius 3 is 2.53 bits per heavy atom. The van der Waals surface area contributed by atoms with E-state index in [0.717, 1.165) is 4.68 Å². The third-order valence-electron chi connectivity index (χ3n) is 5.38. The van der Waals surface area contributed by atoms with Gasteiger partial charge in [0, 0.05) is 28.7 Å². The lowest BCUT2D eigenvalue weighted by Crippen LogP contribution is -2.31. The van der Waals surface area contributed by atoms with Crippen LogP contribution in [0.15, 0.2) is 46.0 Å². The molecular weight excluding hydrogens is 461 g/mol. The van der Waals surface area contributed by atoms with Crippen molar-refractivity contribution in [2.75, 3.05) is 0 Å². The maximum atomic E-state index is 14.4. The molecule has 2 aromatic carbocycles. The van der Waals surface area contributed by atoms with Gasteiger partial charge >= 0.3 is 5.69 Å². The number of fused-ring (bicyclic) bond motifs is 3. The Bertz CT molecular complexity index is 1510. The van der Waals surface area contributed by atoms with Gasteiger partial charge in [-0.25, -0.2) is 18.3 Å². The van der Waals surface area contributed by atoms with Gasteiger partial charge in [-0.2, -0.15) is 0 Å². The van der Waals surface area contributed by atoms with Gasteiger partial charge in [-0.1, -0.05) is 31.5 Å². The number of carbonyl (C=O) groups is 1. The van der Waals surface area contributed by atoms with E-state index >= 15 is 0 Å². The topological polar surface area (TPSA) is 90.4 Å². The minimum Gasteiger partial charge on any atom is -0.350 e. The van der Waals surface area contributed by atoms with E-state index in [1.165, 1.54) is 33.2 Å². The van der Waals surface area contributed by atoms with Crippen LogP contribution in [-0.2, 0) is 13.1 Å². The molecule has 2 heterocycles. The summed E-state index contributed by atoms with van der Waals surface area (Å²) in [6.07, 6.45) is 0. The molecule has 4 aromatic rings. The van der Waals surface area contributed by atoms with Gasteiger partial charge in [-0.15, -0.1) is 5.10 Å². The van der Waals surface area contributed by atoms with Crippen molar-refractivity contribution in [2.24, 2.45) is 5.92 Å². The van der Waals surface area contributed by atoms with E-state index in [4.69, 9.17) is 11.6 Å². The number of carbonyl (C=O) groups excluding carboxylic acids is 1. The Labute approximate surface area is 199 Å². The fourth-order valence-electron chi connectivity index (χ4n) is 3.87. The molecule has 4 rings (SSSR count). The number of aromatic nitrogens is 4. The molecule has 0 saturated heterocycles. The van der Waals surface area contributed by atoms with Crippen molar-refractivity contribution in [3.8, 4) is 0 Å². The molecule has 0 atom stereocenters. The van der Waals surface area contributed by atoms with Crippen LogP contribution in [0.25, 0.3) is 16.7 Å². The second-order valence-electron chi connectivity index (χ2n) is 8.95. The predicted octanol–water partition coefficient (Wildman–Crippen LogP) is 3.45. The van der Waals surface area contributed by atoms with Crippen LogP contribution in [-0.4, -0.2) is 30.7 Å². The van der Waals surface area contributed by atoms with Gasteiger partial charge < -0.3 is 5.32 Å². The maximum Gasteiger partial charge on any atom is 0.352 e. The molecular formula is C24H25ClFN5O3. The highest BCUT2D eigenvalue weighted by Gasteiger charge is 2.21. The van der Waals surface area contributed by atoms with Crippen molar-refractivity contribution < 1.29 is 9.18 Å². The van der Waals surface area contributed by atoms with Crippen LogP contribution in [0.2, 0.25) is 5.02 Å². The van der Waals surface area contributed by atoms with Gasteiger partial charge in [0.25, 0.3) is 11.5 Å². The molecule has 1 amide bonds. The van der Waals surface area contributed by atoms with Crippen LogP contribution in [0.5, 0.6) is 0 Å². The zero-order valence-corrected chi connectivity index (χ0v) is 20.1. The van der Waals surface area contributed by atoms with Crippen molar-refractivity contribution in [3.63, 3.8) is 0 Å². The molecule has 8 nitrogen and oxygen atoms in total. The Hall–Kier alpha value is -3.46. The first-order chi connectivity index (χ1) is 16.1. The first-order valence-electron chi connectivity index (χ1n) is 11.0. The molecule has 0 aliphatic heterocycles. The molecule has 0 unspecified atom stereocenters. The second-order valence-corrected chi connectivity index (χ2v) is 9.35. The number of hydrogen-bond donors (Lipinski definition) is 1. The molecule has 0 aliphatic rings. The van der Waals surface area contributed by atoms with Crippen LogP contribution in [0.1, 0.15) is 43.6 Å². The van der Waals surface area contributed by atoms with E-state index in [2.05, 4.69) is 10.4 Å². The zero-order valence-electron chi connectivity index (χ0n) is 19.3. The zero-order chi connectivity index (χ0) is 24.7. The summed E-state index contributed by atoms with van der Waals surface area (Å²) in [5.74, 6) is -0.676. The number of benzene rings is 2. The summed E-state index contributed by atoms with van der Waals surface area (Å²) in [6.45, 7) is 7.68. The van der Waals surface area contributed by atoms with Crippen LogP contribution in [0.4, 0.5) is 4.39 Å². The molecule has 0 bridgehead atoms. The molecule has 34 heavy (non-hydrogen) atoms. The van der Waals surface area contributed by atoms with E-state index in [9.17, 15) is 18.8 Å². The highest BCUT2D eigenvalue weighted by atomic mass is 35.5. The first-order valence-corrected chi connectivity index (χ1v) is 11.4.